The first-order valence-electron chi connectivity index (χ1n) is 9.29. The van der Waals surface area contributed by atoms with Crippen molar-refractivity contribution < 1.29 is 4.79 Å². The van der Waals surface area contributed by atoms with Crippen molar-refractivity contribution in [3.63, 3.8) is 0 Å². The van der Waals surface area contributed by atoms with Crippen LogP contribution in [0.2, 0.25) is 0 Å². The van der Waals surface area contributed by atoms with Crippen molar-refractivity contribution in [3.05, 3.63) is 70.5 Å². The number of aromatic nitrogens is 3. The quantitative estimate of drug-likeness (QED) is 0.716. The van der Waals surface area contributed by atoms with Crippen LogP contribution >= 0.6 is 0 Å². The van der Waals surface area contributed by atoms with E-state index in [2.05, 4.69) is 9.97 Å². The highest BCUT2D eigenvalue weighted by Gasteiger charge is 2.29. The molecule has 1 unspecified atom stereocenters. The van der Waals surface area contributed by atoms with Crippen molar-refractivity contribution in [2.24, 2.45) is 0 Å². The van der Waals surface area contributed by atoms with Crippen LogP contribution in [0.3, 0.4) is 0 Å². The highest BCUT2D eigenvalue weighted by molar-refractivity contribution is 5.80. The van der Waals surface area contributed by atoms with Gasteiger partial charge in [0.2, 0.25) is 5.91 Å². The molecule has 0 aliphatic carbocycles. The average Bonchev–Trinajstić information content (AvgIpc) is 3.18. The standard InChI is InChI=1S/C21H22N4O2/c1-15-4-2-5-17-20(15)23-14-24(21(17)27)13-9-19(26)25-12-3-6-18(25)16-7-10-22-11-8-16/h2,4-5,7-8,10-11,14,18H,3,6,9,12-13H2,1H3. The van der Waals surface area contributed by atoms with Crippen molar-refractivity contribution in [1.29, 1.82) is 0 Å². The van der Waals surface area contributed by atoms with Gasteiger partial charge in [0.05, 0.1) is 23.3 Å². The SMILES string of the molecule is Cc1cccc2c(=O)n(CCC(=O)N3CCCC3c3ccncc3)cnc12. The summed E-state index contributed by atoms with van der Waals surface area (Å²) in [6.07, 6.45) is 7.33. The minimum Gasteiger partial charge on any atom is -0.336 e. The van der Waals surface area contributed by atoms with Crippen molar-refractivity contribution in [2.75, 3.05) is 6.54 Å². The first-order chi connectivity index (χ1) is 13.1. The van der Waals surface area contributed by atoms with E-state index < -0.39 is 0 Å². The topological polar surface area (TPSA) is 68.1 Å². The summed E-state index contributed by atoms with van der Waals surface area (Å²) in [5, 5.41) is 0.598. The molecule has 6 nitrogen and oxygen atoms in total. The van der Waals surface area contributed by atoms with Crippen LogP contribution in [-0.2, 0) is 11.3 Å². The number of para-hydroxylation sites is 1. The monoisotopic (exact) mass is 362 g/mol. The smallest absolute Gasteiger partial charge is 0.261 e. The number of fused-ring (bicyclic) bond motifs is 1. The molecule has 0 spiro atoms. The second-order valence-electron chi connectivity index (χ2n) is 6.99. The Kier molecular flexibility index (Phi) is 4.71. The van der Waals surface area contributed by atoms with Gasteiger partial charge in [-0.3, -0.25) is 19.1 Å². The molecule has 1 saturated heterocycles. The van der Waals surface area contributed by atoms with E-state index in [9.17, 15) is 9.59 Å². The highest BCUT2D eigenvalue weighted by atomic mass is 16.2. The molecule has 1 aliphatic heterocycles. The Morgan fingerprint density at radius 2 is 2.04 bits per heavy atom. The van der Waals surface area contributed by atoms with E-state index in [1.54, 1.807) is 24.8 Å². The largest absolute Gasteiger partial charge is 0.336 e. The Labute approximate surface area is 157 Å². The summed E-state index contributed by atoms with van der Waals surface area (Å²) in [6.45, 7) is 3.04. The van der Waals surface area contributed by atoms with Crippen LogP contribution in [0.5, 0.6) is 0 Å². The minimum absolute atomic E-state index is 0.0746. The van der Waals surface area contributed by atoms with Gasteiger partial charge in [0.25, 0.3) is 5.56 Å². The average molecular weight is 362 g/mol. The molecule has 0 N–H and O–H groups in total. The van der Waals surface area contributed by atoms with E-state index in [4.69, 9.17) is 0 Å². The van der Waals surface area contributed by atoms with Crippen LogP contribution in [0.4, 0.5) is 0 Å². The summed E-state index contributed by atoms with van der Waals surface area (Å²) < 4.78 is 1.54. The zero-order valence-electron chi connectivity index (χ0n) is 15.3. The van der Waals surface area contributed by atoms with Crippen LogP contribution < -0.4 is 5.56 Å². The number of aryl methyl sites for hydroxylation is 2. The third-order valence-electron chi connectivity index (χ3n) is 5.29. The maximum atomic E-state index is 12.8. The zero-order chi connectivity index (χ0) is 18.8. The number of nitrogens with zero attached hydrogens (tertiary/aromatic N) is 4. The van der Waals surface area contributed by atoms with Crippen molar-refractivity contribution in [1.82, 2.24) is 19.4 Å². The number of hydrogen-bond donors (Lipinski definition) is 0. The van der Waals surface area contributed by atoms with Crippen LogP contribution in [0.15, 0.2) is 53.8 Å². The Balaban J connectivity index is 1.50. The number of carbonyl (C=O) groups is 1. The predicted molar refractivity (Wildman–Crippen MR) is 103 cm³/mol. The van der Waals surface area contributed by atoms with E-state index in [0.717, 1.165) is 36.0 Å². The van der Waals surface area contributed by atoms with E-state index in [-0.39, 0.29) is 17.5 Å². The number of amides is 1. The molecule has 0 bridgehead atoms. The van der Waals surface area contributed by atoms with Crippen LogP contribution in [0.1, 0.15) is 36.4 Å². The van der Waals surface area contributed by atoms with Crippen molar-refractivity contribution in [3.8, 4) is 0 Å². The van der Waals surface area contributed by atoms with Crippen LogP contribution in [0, 0.1) is 6.92 Å². The molecule has 1 atom stereocenters. The van der Waals surface area contributed by atoms with E-state index >= 15 is 0 Å². The molecule has 27 heavy (non-hydrogen) atoms. The molecular formula is C21H22N4O2. The van der Waals surface area contributed by atoms with Gasteiger partial charge in [-0.15, -0.1) is 0 Å². The number of rotatable bonds is 4. The molecule has 6 heteroatoms. The van der Waals surface area contributed by atoms with Gasteiger partial charge in [0.1, 0.15) is 0 Å². The molecule has 138 valence electrons. The molecule has 1 aliphatic rings. The van der Waals surface area contributed by atoms with Crippen molar-refractivity contribution in [2.45, 2.75) is 38.8 Å². The van der Waals surface area contributed by atoms with Gasteiger partial charge in [-0.1, -0.05) is 12.1 Å². The number of pyridine rings is 1. The Morgan fingerprint density at radius 3 is 2.85 bits per heavy atom. The maximum absolute atomic E-state index is 12.8. The molecule has 1 fully saturated rings. The zero-order valence-corrected chi connectivity index (χ0v) is 15.3. The lowest BCUT2D eigenvalue weighted by Gasteiger charge is -2.25. The second kappa shape index (κ2) is 7.31. The van der Waals surface area contributed by atoms with Crippen LogP contribution in [0.25, 0.3) is 10.9 Å². The lowest BCUT2D eigenvalue weighted by Crippen LogP contribution is -2.32. The molecule has 4 rings (SSSR count). The third-order valence-corrected chi connectivity index (χ3v) is 5.29. The van der Waals surface area contributed by atoms with Gasteiger partial charge in [-0.2, -0.15) is 0 Å². The predicted octanol–water partition coefficient (Wildman–Crippen LogP) is 2.85. The van der Waals surface area contributed by atoms with E-state index in [0.29, 0.717) is 18.4 Å². The lowest BCUT2D eigenvalue weighted by atomic mass is 10.1. The Bertz CT molecular complexity index is 1030. The fourth-order valence-electron chi connectivity index (χ4n) is 3.85. The van der Waals surface area contributed by atoms with Gasteiger partial charge in [0, 0.05) is 31.9 Å². The number of hydrogen-bond acceptors (Lipinski definition) is 4. The highest BCUT2D eigenvalue weighted by Crippen LogP contribution is 2.31. The lowest BCUT2D eigenvalue weighted by molar-refractivity contribution is -0.132. The fraction of sp³-hybridized carbons (Fsp3) is 0.333. The molecular weight excluding hydrogens is 340 g/mol. The van der Waals surface area contributed by atoms with Gasteiger partial charge < -0.3 is 4.90 Å². The number of benzene rings is 1. The second-order valence-corrected chi connectivity index (χ2v) is 6.99. The van der Waals surface area contributed by atoms with E-state index in [1.807, 2.05) is 36.1 Å². The minimum atomic E-state index is -0.0939. The summed E-state index contributed by atoms with van der Waals surface area (Å²) in [5.41, 5.74) is 2.73. The molecule has 0 saturated carbocycles. The molecule has 1 aromatic carbocycles. The molecule has 3 heterocycles. The fourth-order valence-corrected chi connectivity index (χ4v) is 3.85. The van der Waals surface area contributed by atoms with Gasteiger partial charge in [-0.25, -0.2) is 4.98 Å². The molecule has 3 aromatic rings. The van der Waals surface area contributed by atoms with Gasteiger partial charge in [0.15, 0.2) is 0 Å². The summed E-state index contributed by atoms with van der Waals surface area (Å²) >= 11 is 0. The van der Waals surface area contributed by atoms with E-state index in [1.165, 1.54) is 4.57 Å². The summed E-state index contributed by atoms with van der Waals surface area (Å²) in [4.78, 5) is 35.9. The Hall–Kier alpha value is -3.02. The summed E-state index contributed by atoms with van der Waals surface area (Å²) in [7, 11) is 0. The van der Waals surface area contributed by atoms with Crippen molar-refractivity contribution >= 4 is 16.8 Å². The van der Waals surface area contributed by atoms with Crippen LogP contribution in [-0.4, -0.2) is 31.9 Å². The first kappa shape index (κ1) is 17.4. The summed E-state index contributed by atoms with van der Waals surface area (Å²) in [6, 6.07) is 9.63. The molecule has 0 radical (unpaired) electrons. The Morgan fingerprint density at radius 1 is 1.22 bits per heavy atom. The van der Waals surface area contributed by atoms with Gasteiger partial charge >= 0.3 is 0 Å². The third kappa shape index (κ3) is 3.35. The van der Waals surface area contributed by atoms with Gasteiger partial charge in [-0.05, 0) is 49.1 Å². The molecule has 1 amide bonds. The molecule has 2 aromatic heterocycles. The summed E-state index contributed by atoms with van der Waals surface area (Å²) in [5.74, 6) is 0.0746. The normalized spacial score (nSPS) is 16.8. The number of carbonyl (C=O) groups excluding carboxylic acids is 1. The number of likely N-dealkylation sites (tertiary alicyclic amines) is 1. The first-order valence-corrected chi connectivity index (χ1v) is 9.29. The maximum Gasteiger partial charge on any atom is 0.261 e.